The number of allylic oxidation sites excluding steroid dienone is 2. The highest BCUT2D eigenvalue weighted by Gasteiger charge is 1.97. The maximum Gasteiger partial charge on any atom is 0.154 e. The summed E-state index contributed by atoms with van der Waals surface area (Å²) in [7, 11) is 0. The molecule has 0 heterocycles. The SMILES string of the molecule is CC(=O)/C=C(/C)NC(C)CO. The van der Waals surface area contributed by atoms with Crippen molar-refractivity contribution in [1.82, 2.24) is 5.32 Å². The standard InChI is InChI=1S/C8H15NO2/c1-6(4-8(3)11)9-7(2)5-10/h4,7,9-10H,5H2,1-3H3/b6-4-. The van der Waals surface area contributed by atoms with Crippen LogP contribution in [0.3, 0.4) is 0 Å². The molecule has 0 spiro atoms. The minimum atomic E-state index is 0.00519. The number of hydrogen-bond donors (Lipinski definition) is 2. The number of carbonyl (C=O) groups is 1. The van der Waals surface area contributed by atoms with Gasteiger partial charge in [-0.05, 0) is 26.8 Å². The zero-order valence-electron chi connectivity index (χ0n) is 7.22. The predicted octanol–water partition coefficient (Wildman–Crippen LogP) is 0.450. The largest absolute Gasteiger partial charge is 0.394 e. The van der Waals surface area contributed by atoms with E-state index in [2.05, 4.69) is 5.32 Å². The van der Waals surface area contributed by atoms with Crippen molar-refractivity contribution in [1.29, 1.82) is 0 Å². The molecule has 0 radical (unpaired) electrons. The van der Waals surface area contributed by atoms with Gasteiger partial charge in [-0.25, -0.2) is 0 Å². The molecule has 0 aliphatic heterocycles. The van der Waals surface area contributed by atoms with Crippen LogP contribution < -0.4 is 5.32 Å². The third-order valence-corrected chi connectivity index (χ3v) is 1.17. The molecule has 0 aliphatic carbocycles. The van der Waals surface area contributed by atoms with Crippen LogP contribution >= 0.6 is 0 Å². The van der Waals surface area contributed by atoms with Crippen molar-refractivity contribution in [3.8, 4) is 0 Å². The van der Waals surface area contributed by atoms with Crippen LogP contribution in [0.15, 0.2) is 11.8 Å². The Hall–Kier alpha value is -0.830. The number of aliphatic hydroxyl groups excluding tert-OH is 1. The quantitative estimate of drug-likeness (QED) is 0.582. The lowest BCUT2D eigenvalue weighted by atomic mass is 10.3. The van der Waals surface area contributed by atoms with Crippen molar-refractivity contribution in [3.05, 3.63) is 11.8 Å². The highest BCUT2D eigenvalue weighted by Crippen LogP contribution is 1.90. The van der Waals surface area contributed by atoms with Crippen molar-refractivity contribution in [2.45, 2.75) is 26.8 Å². The molecule has 0 aromatic rings. The van der Waals surface area contributed by atoms with Gasteiger partial charge in [0.1, 0.15) is 0 Å². The molecule has 3 heteroatoms. The van der Waals surface area contributed by atoms with E-state index in [-0.39, 0.29) is 18.4 Å². The molecule has 0 fully saturated rings. The fourth-order valence-corrected chi connectivity index (χ4v) is 0.781. The lowest BCUT2D eigenvalue weighted by molar-refractivity contribution is -0.112. The molecule has 3 nitrogen and oxygen atoms in total. The lowest BCUT2D eigenvalue weighted by Gasteiger charge is -2.11. The first kappa shape index (κ1) is 10.2. The molecular formula is C8H15NO2. The molecule has 0 aromatic carbocycles. The van der Waals surface area contributed by atoms with Crippen LogP contribution in [0.25, 0.3) is 0 Å². The number of carbonyl (C=O) groups excluding carboxylic acids is 1. The molecule has 1 atom stereocenters. The van der Waals surface area contributed by atoms with Crippen LogP contribution in [-0.4, -0.2) is 23.5 Å². The molecule has 0 aliphatic rings. The van der Waals surface area contributed by atoms with Crippen molar-refractivity contribution in [2.24, 2.45) is 0 Å². The summed E-state index contributed by atoms with van der Waals surface area (Å²) in [5.74, 6) is 0.0140. The zero-order valence-corrected chi connectivity index (χ0v) is 7.22. The summed E-state index contributed by atoms with van der Waals surface area (Å²) >= 11 is 0. The average Bonchev–Trinajstić information content (AvgIpc) is 1.85. The first-order valence-electron chi connectivity index (χ1n) is 3.62. The lowest BCUT2D eigenvalue weighted by Crippen LogP contribution is -2.27. The van der Waals surface area contributed by atoms with E-state index in [1.807, 2.05) is 6.92 Å². The molecule has 64 valence electrons. The molecule has 0 amide bonds. The molecule has 2 N–H and O–H groups in total. The second kappa shape index (κ2) is 4.91. The monoisotopic (exact) mass is 157 g/mol. The second-order valence-electron chi connectivity index (χ2n) is 2.67. The zero-order chi connectivity index (χ0) is 8.85. The van der Waals surface area contributed by atoms with Gasteiger partial charge in [0.05, 0.1) is 6.61 Å². The Balaban J connectivity index is 3.85. The summed E-state index contributed by atoms with van der Waals surface area (Å²) in [6, 6.07) is 0.00519. The summed E-state index contributed by atoms with van der Waals surface area (Å²) in [6.07, 6.45) is 1.51. The van der Waals surface area contributed by atoms with Crippen LogP contribution in [0.1, 0.15) is 20.8 Å². The average molecular weight is 157 g/mol. The topological polar surface area (TPSA) is 49.3 Å². The fourth-order valence-electron chi connectivity index (χ4n) is 0.781. The highest BCUT2D eigenvalue weighted by molar-refractivity contribution is 5.87. The molecule has 0 aromatic heterocycles. The van der Waals surface area contributed by atoms with E-state index in [0.717, 1.165) is 5.70 Å². The van der Waals surface area contributed by atoms with Gasteiger partial charge >= 0.3 is 0 Å². The summed E-state index contributed by atoms with van der Waals surface area (Å²) in [5.41, 5.74) is 0.791. The summed E-state index contributed by atoms with van der Waals surface area (Å²) in [6.45, 7) is 5.21. The van der Waals surface area contributed by atoms with Gasteiger partial charge in [-0.2, -0.15) is 0 Å². The normalized spacial score (nSPS) is 14.4. The van der Waals surface area contributed by atoms with Crippen molar-refractivity contribution < 1.29 is 9.90 Å². The van der Waals surface area contributed by atoms with Crippen LogP contribution in [0.2, 0.25) is 0 Å². The maximum atomic E-state index is 10.5. The molecule has 0 saturated carbocycles. The van der Waals surface area contributed by atoms with Gasteiger partial charge in [0.15, 0.2) is 5.78 Å². The Morgan fingerprint density at radius 3 is 2.55 bits per heavy atom. The van der Waals surface area contributed by atoms with E-state index in [9.17, 15) is 4.79 Å². The van der Waals surface area contributed by atoms with Gasteiger partial charge in [0.2, 0.25) is 0 Å². The van der Waals surface area contributed by atoms with Gasteiger partial charge in [-0.1, -0.05) is 0 Å². The summed E-state index contributed by atoms with van der Waals surface area (Å²) in [5, 5.41) is 11.6. The molecule has 0 rings (SSSR count). The van der Waals surface area contributed by atoms with Crippen molar-refractivity contribution in [3.63, 3.8) is 0 Å². The minimum absolute atomic E-state index is 0.00519. The molecule has 11 heavy (non-hydrogen) atoms. The number of nitrogens with one attached hydrogen (secondary N) is 1. The number of hydrogen-bond acceptors (Lipinski definition) is 3. The molecular weight excluding hydrogens is 142 g/mol. The number of aliphatic hydroxyl groups is 1. The molecule has 1 unspecified atom stereocenters. The first-order valence-corrected chi connectivity index (χ1v) is 3.62. The van der Waals surface area contributed by atoms with Crippen LogP contribution in [0.5, 0.6) is 0 Å². The molecule has 0 bridgehead atoms. The fraction of sp³-hybridized carbons (Fsp3) is 0.625. The molecule has 0 saturated heterocycles. The predicted molar refractivity (Wildman–Crippen MR) is 44.1 cm³/mol. The van der Waals surface area contributed by atoms with Gasteiger partial charge in [-0.3, -0.25) is 4.79 Å². The summed E-state index contributed by atoms with van der Waals surface area (Å²) < 4.78 is 0. The minimum Gasteiger partial charge on any atom is -0.394 e. The van der Waals surface area contributed by atoms with Gasteiger partial charge in [0.25, 0.3) is 0 Å². The van der Waals surface area contributed by atoms with Gasteiger partial charge < -0.3 is 10.4 Å². The highest BCUT2D eigenvalue weighted by atomic mass is 16.3. The van der Waals surface area contributed by atoms with Crippen LogP contribution in [0.4, 0.5) is 0 Å². The van der Waals surface area contributed by atoms with Crippen molar-refractivity contribution in [2.75, 3.05) is 6.61 Å². The Morgan fingerprint density at radius 1 is 1.64 bits per heavy atom. The van der Waals surface area contributed by atoms with Crippen LogP contribution in [0, 0.1) is 0 Å². The Morgan fingerprint density at radius 2 is 2.18 bits per heavy atom. The number of rotatable bonds is 4. The van der Waals surface area contributed by atoms with E-state index in [0.29, 0.717) is 0 Å². The van der Waals surface area contributed by atoms with Crippen molar-refractivity contribution >= 4 is 5.78 Å². The Labute approximate surface area is 67.1 Å². The van der Waals surface area contributed by atoms with Crippen LogP contribution in [-0.2, 0) is 4.79 Å². The smallest absolute Gasteiger partial charge is 0.154 e. The van der Waals surface area contributed by atoms with E-state index in [1.54, 1.807) is 6.92 Å². The number of ketones is 1. The van der Waals surface area contributed by atoms with Gasteiger partial charge in [0, 0.05) is 11.7 Å². The first-order chi connectivity index (χ1) is 5.06. The van der Waals surface area contributed by atoms with E-state index in [1.165, 1.54) is 13.0 Å². The van der Waals surface area contributed by atoms with E-state index >= 15 is 0 Å². The Kier molecular flexibility index (Phi) is 4.54. The third-order valence-electron chi connectivity index (χ3n) is 1.17. The van der Waals surface area contributed by atoms with E-state index in [4.69, 9.17) is 5.11 Å². The maximum absolute atomic E-state index is 10.5. The Bertz CT molecular complexity index is 163. The van der Waals surface area contributed by atoms with Gasteiger partial charge in [-0.15, -0.1) is 0 Å². The summed E-state index contributed by atoms with van der Waals surface area (Å²) in [4.78, 5) is 10.5. The second-order valence-corrected chi connectivity index (χ2v) is 2.67. The third kappa shape index (κ3) is 5.61. The van der Waals surface area contributed by atoms with E-state index < -0.39 is 0 Å².